The average molecular weight is 160 g/mol. The Morgan fingerprint density at radius 1 is 0.833 bits per heavy atom. The molecule has 0 aliphatic heterocycles. The number of nitrogens with zero attached hydrogens (tertiary/aromatic N) is 2. The van der Waals surface area contributed by atoms with Crippen molar-refractivity contribution >= 4 is 12.4 Å². The van der Waals surface area contributed by atoms with Crippen molar-refractivity contribution in [2.45, 2.75) is 0 Å². The number of hydrogen-bond acceptors (Lipinski definition) is 2. The van der Waals surface area contributed by atoms with E-state index in [0.717, 1.165) is 0 Å². The highest BCUT2D eigenvalue weighted by atomic mass is 14.8. The van der Waals surface area contributed by atoms with Gasteiger partial charge in [-0.15, -0.1) is 0 Å². The molecule has 0 aliphatic carbocycles. The summed E-state index contributed by atoms with van der Waals surface area (Å²) in [4.78, 5) is 7.82. The fourth-order valence-electron chi connectivity index (χ4n) is 0.434. The van der Waals surface area contributed by atoms with E-state index in [1.165, 1.54) is 12.4 Å². The normalized spacial score (nSPS) is 10.3. The van der Waals surface area contributed by atoms with Crippen molar-refractivity contribution < 1.29 is 0 Å². The zero-order valence-electron chi connectivity index (χ0n) is 7.03. The maximum atomic E-state index is 3.91. The fraction of sp³-hybridized carbons (Fsp3) is 0. The van der Waals surface area contributed by atoms with Gasteiger partial charge in [0.15, 0.2) is 0 Å². The third-order valence-corrected chi connectivity index (χ3v) is 1.00. The van der Waals surface area contributed by atoms with Crippen LogP contribution in [0.1, 0.15) is 0 Å². The summed E-state index contributed by atoms with van der Waals surface area (Å²) in [5.41, 5.74) is 1.04. The molecule has 0 saturated carbocycles. The summed E-state index contributed by atoms with van der Waals surface area (Å²) >= 11 is 0. The number of rotatable bonds is 5. The first-order chi connectivity index (χ1) is 5.72. The van der Waals surface area contributed by atoms with Crippen LogP contribution >= 0.6 is 0 Å². The highest BCUT2D eigenvalue weighted by Crippen LogP contribution is 2.06. The van der Waals surface area contributed by atoms with Crippen molar-refractivity contribution in [1.29, 1.82) is 0 Å². The first kappa shape index (κ1) is 10.3. The van der Waals surface area contributed by atoms with Gasteiger partial charge >= 0.3 is 0 Å². The summed E-state index contributed by atoms with van der Waals surface area (Å²) in [5.74, 6) is 0. The molecule has 0 radical (unpaired) electrons. The van der Waals surface area contributed by atoms with Crippen LogP contribution in [0.4, 0.5) is 0 Å². The van der Waals surface area contributed by atoms with Crippen LogP contribution in [0.3, 0.4) is 0 Å². The molecule has 0 bridgehead atoms. The van der Waals surface area contributed by atoms with Gasteiger partial charge in [-0.2, -0.15) is 0 Å². The summed E-state index contributed by atoms with van der Waals surface area (Å²) in [5, 5.41) is 0. The lowest BCUT2D eigenvalue weighted by Crippen LogP contribution is -1.79. The molecule has 2 heteroatoms. The predicted molar refractivity (Wildman–Crippen MR) is 55.7 cm³/mol. The van der Waals surface area contributed by atoms with Crippen molar-refractivity contribution in [3.05, 3.63) is 49.9 Å². The second-order valence-electron chi connectivity index (χ2n) is 1.92. The van der Waals surface area contributed by atoms with Crippen LogP contribution in [0.15, 0.2) is 59.8 Å². The molecule has 0 fully saturated rings. The van der Waals surface area contributed by atoms with Gasteiger partial charge in [0.2, 0.25) is 0 Å². The second-order valence-corrected chi connectivity index (χ2v) is 1.92. The van der Waals surface area contributed by atoms with E-state index < -0.39 is 0 Å². The molecule has 0 N–H and O–H groups in total. The van der Waals surface area contributed by atoms with Gasteiger partial charge in [-0.05, 0) is 0 Å². The molecule has 0 aromatic rings. The van der Waals surface area contributed by atoms with E-state index in [1.54, 1.807) is 12.2 Å². The monoisotopic (exact) mass is 160 g/mol. The topological polar surface area (TPSA) is 24.7 Å². The quantitative estimate of drug-likeness (QED) is 0.436. The Kier molecular flexibility index (Phi) is 5.18. The highest BCUT2D eigenvalue weighted by molar-refractivity contribution is 5.73. The molecule has 12 heavy (non-hydrogen) atoms. The Balaban J connectivity index is 4.20. The van der Waals surface area contributed by atoms with Gasteiger partial charge in [-0.1, -0.05) is 38.5 Å². The molecular formula is C10H12N2. The summed E-state index contributed by atoms with van der Waals surface area (Å²) in [6, 6.07) is 0. The minimum Gasteiger partial charge on any atom is -0.255 e. The van der Waals surface area contributed by atoms with Gasteiger partial charge in [0.25, 0.3) is 0 Å². The lowest BCUT2D eigenvalue weighted by molar-refractivity contribution is 1.28. The molecule has 62 valence electrons. The van der Waals surface area contributed by atoms with Crippen LogP contribution in [-0.2, 0) is 0 Å². The minimum absolute atomic E-state index is 0.521. The SMILES string of the molecule is C=C/C=N\C(=C)C(=C)/N=C\C=C. The molecule has 0 saturated heterocycles. The average Bonchev–Trinajstić information content (AvgIpc) is 2.10. The standard InChI is InChI=1S/C10H12N2/c1-5-7-11-9(3)10(4)12-8-6-2/h5-8H,1-4H2/b11-7-,12-8-. The molecule has 0 unspecified atom stereocenters. The van der Waals surface area contributed by atoms with Crippen LogP contribution in [0.5, 0.6) is 0 Å². The summed E-state index contributed by atoms with van der Waals surface area (Å²) in [6.07, 6.45) is 6.21. The minimum atomic E-state index is 0.521. The van der Waals surface area contributed by atoms with E-state index in [4.69, 9.17) is 0 Å². The molecular weight excluding hydrogens is 148 g/mol. The molecule has 0 spiro atoms. The third-order valence-electron chi connectivity index (χ3n) is 1.00. The molecule has 2 nitrogen and oxygen atoms in total. The first-order valence-corrected chi connectivity index (χ1v) is 3.40. The van der Waals surface area contributed by atoms with E-state index in [-0.39, 0.29) is 0 Å². The van der Waals surface area contributed by atoms with Crippen molar-refractivity contribution in [1.82, 2.24) is 0 Å². The van der Waals surface area contributed by atoms with Crippen LogP contribution in [0.2, 0.25) is 0 Å². The van der Waals surface area contributed by atoms with Gasteiger partial charge in [-0.3, -0.25) is 9.98 Å². The van der Waals surface area contributed by atoms with E-state index in [2.05, 4.69) is 36.3 Å². The van der Waals surface area contributed by atoms with Crippen molar-refractivity contribution in [3.63, 3.8) is 0 Å². The van der Waals surface area contributed by atoms with E-state index in [9.17, 15) is 0 Å². The van der Waals surface area contributed by atoms with Crippen LogP contribution < -0.4 is 0 Å². The Labute approximate surface area is 73.1 Å². The molecule has 0 atom stereocenters. The Morgan fingerprint density at radius 3 is 1.42 bits per heavy atom. The van der Waals surface area contributed by atoms with Crippen LogP contribution in [0.25, 0.3) is 0 Å². The molecule has 0 heterocycles. The van der Waals surface area contributed by atoms with Crippen molar-refractivity contribution in [2.75, 3.05) is 0 Å². The number of aliphatic imine (C=N–C) groups is 2. The number of allylic oxidation sites excluding steroid dienone is 2. The van der Waals surface area contributed by atoms with Gasteiger partial charge in [0.05, 0.1) is 11.4 Å². The molecule has 0 rings (SSSR count). The zero-order valence-corrected chi connectivity index (χ0v) is 7.03. The van der Waals surface area contributed by atoms with Gasteiger partial charge in [0.1, 0.15) is 0 Å². The lowest BCUT2D eigenvalue weighted by atomic mass is 10.4. The Bertz CT molecular complexity index is 229. The smallest absolute Gasteiger partial charge is 0.0808 e. The molecule has 0 amide bonds. The largest absolute Gasteiger partial charge is 0.255 e. The molecule has 0 aromatic heterocycles. The van der Waals surface area contributed by atoms with Crippen molar-refractivity contribution in [2.24, 2.45) is 9.98 Å². The van der Waals surface area contributed by atoms with Gasteiger partial charge < -0.3 is 0 Å². The number of hydrogen-bond donors (Lipinski definition) is 0. The van der Waals surface area contributed by atoms with E-state index in [1.807, 2.05) is 0 Å². The molecule has 0 aromatic carbocycles. The van der Waals surface area contributed by atoms with Crippen LogP contribution in [0, 0.1) is 0 Å². The predicted octanol–water partition coefficient (Wildman–Crippen LogP) is 2.53. The lowest BCUT2D eigenvalue weighted by Gasteiger charge is -1.94. The van der Waals surface area contributed by atoms with Gasteiger partial charge in [-0.25, -0.2) is 0 Å². The second kappa shape index (κ2) is 6.04. The zero-order chi connectivity index (χ0) is 9.40. The maximum Gasteiger partial charge on any atom is 0.0808 e. The third kappa shape index (κ3) is 4.17. The summed E-state index contributed by atoms with van der Waals surface area (Å²) in [6.45, 7) is 14.3. The Hall–Kier alpha value is -1.70. The maximum absolute atomic E-state index is 3.91. The van der Waals surface area contributed by atoms with Crippen molar-refractivity contribution in [3.8, 4) is 0 Å². The fourth-order valence-corrected chi connectivity index (χ4v) is 0.434. The first-order valence-electron chi connectivity index (χ1n) is 3.40. The van der Waals surface area contributed by atoms with Crippen LogP contribution in [-0.4, -0.2) is 12.4 Å². The van der Waals surface area contributed by atoms with E-state index in [0.29, 0.717) is 11.4 Å². The van der Waals surface area contributed by atoms with Gasteiger partial charge in [0, 0.05) is 12.4 Å². The highest BCUT2D eigenvalue weighted by Gasteiger charge is 1.91. The van der Waals surface area contributed by atoms with E-state index >= 15 is 0 Å². The Morgan fingerprint density at radius 2 is 1.17 bits per heavy atom. The molecule has 0 aliphatic rings. The summed E-state index contributed by atoms with van der Waals surface area (Å²) in [7, 11) is 0. The summed E-state index contributed by atoms with van der Waals surface area (Å²) < 4.78 is 0.